The summed E-state index contributed by atoms with van der Waals surface area (Å²) in [5.41, 5.74) is 2.00. The van der Waals surface area contributed by atoms with Crippen molar-refractivity contribution in [3.63, 3.8) is 0 Å². The highest BCUT2D eigenvalue weighted by atomic mass is 16.5. The quantitative estimate of drug-likeness (QED) is 0.790. The largest absolute Gasteiger partial charge is 0.497 e. The average Bonchev–Trinajstić information content (AvgIpc) is 2.78. The summed E-state index contributed by atoms with van der Waals surface area (Å²) in [5, 5.41) is 2.32. The highest BCUT2D eigenvalue weighted by Crippen LogP contribution is 2.45. The molecule has 1 heterocycles. The minimum atomic E-state index is -0.0417. The van der Waals surface area contributed by atoms with Gasteiger partial charge in [0.25, 0.3) is 0 Å². The zero-order valence-electron chi connectivity index (χ0n) is 18.0. The third-order valence-electron chi connectivity index (χ3n) is 6.63. The molecule has 6 nitrogen and oxygen atoms in total. The lowest BCUT2D eigenvalue weighted by molar-refractivity contribution is -0.750. The van der Waals surface area contributed by atoms with Crippen molar-refractivity contribution in [2.45, 2.75) is 31.3 Å². The number of carbonyl (C=O) groups is 1. The molecule has 160 valence electrons. The fraction of sp³-hybridized carbons (Fsp3) is 0.458. The van der Waals surface area contributed by atoms with Crippen LogP contribution >= 0.6 is 0 Å². The van der Waals surface area contributed by atoms with E-state index in [1.807, 2.05) is 36.4 Å². The molecule has 4 atom stereocenters. The number of quaternary nitrogens is 1. The van der Waals surface area contributed by atoms with Gasteiger partial charge in [0.15, 0.2) is 5.78 Å². The Morgan fingerprint density at radius 3 is 1.60 bits per heavy atom. The molecule has 2 bridgehead atoms. The van der Waals surface area contributed by atoms with Gasteiger partial charge in [0, 0.05) is 0 Å². The van der Waals surface area contributed by atoms with E-state index in [1.165, 1.54) is 0 Å². The van der Waals surface area contributed by atoms with Gasteiger partial charge in [-0.2, -0.15) is 0 Å². The Labute approximate surface area is 177 Å². The molecular weight excluding hydrogens is 382 g/mol. The van der Waals surface area contributed by atoms with E-state index in [1.54, 1.807) is 28.4 Å². The first-order valence-electron chi connectivity index (χ1n) is 10.4. The molecule has 1 saturated carbocycles. The highest BCUT2D eigenvalue weighted by Gasteiger charge is 2.51. The smallest absolute Gasteiger partial charge is 0.151 e. The molecular formula is C24H30NO5+. The Morgan fingerprint density at radius 1 is 0.733 bits per heavy atom. The molecule has 1 aliphatic heterocycles. The minimum absolute atomic E-state index is 0.0300. The van der Waals surface area contributed by atoms with Gasteiger partial charge in [-0.15, -0.1) is 0 Å². The van der Waals surface area contributed by atoms with Crippen LogP contribution in [-0.2, 0) is 4.79 Å². The number of fused-ring (bicyclic) bond motifs is 2. The van der Waals surface area contributed by atoms with Crippen LogP contribution in [0.1, 0.15) is 42.5 Å². The Hall–Kier alpha value is -2.73. The van der Waals surface area contributed by atoms with Crippen molar-refractivity contribution in [2.75, 3.05) is 28.4 Å². The van der Waals surface area contributed by atoms with Crippen LogP contribution in [0.15, 0.2) is 36.4 Å². The van der Waals surface area contributed by atoms with Gasteiger partial charge in [0.2, 0.25) is 0 Å². The van der Waals surface area contributed by atoms with Crippen LogP contribution in [-0.4, -0.2) is 34.2 Å². The van der Waals surface area contributed by atoms with E-state index in [0.717, 1.165) is 53.4 Å². The van der Waals surface area contributed by atoms with Gasteiger partial charge >= 0.3 is 0 Å². The van der Waals surface area contributed by atoms with Crippen molar-refractivity contribution >= 4 is 5.78 Å². The summed E-state index contributed by atoms with van der Waals surface area (Å²) >= 11 is 0. The van der Waals surface area contributed by atoms with Crippen molar-refractivity contribution < 1.29 is 29.1 Å². The Morgan fingerprint density at radius 2 is 1.20 bits per heavy atom. The van der Waals surface area contributed by atoms with Crippen LogP contribution in [0.4, 0.5) is 0 Å². The van der Waals surface area contributed by atoms with Gasteiger partial charge in [-0.3, -0.25) is 4.79 Å². The molecule has 6 heteroatoms. The SMILES string of the molecule is COc1ccc(OC)c(C2[NH2+]C(c3cc(OC)ccc3OC)C3CCCC2C3=O)c1. The lowest BCUT2D eigenvalue weighted by Gasteiger charge is -2.42. The Bertz CT molecular complexity index is 856. The Balaban J connectivity index is 1.81. The summed E-state index contributed by atoms with van der Waals surface area (Å²) in [6, 6.07) is 11.5. The molecule has 2 N–H and O–H groups in total. The lowest BCUT2D eigenvalue weighted by Crippen LogP contribution is -2.92. The number of hydrogen-bond donors (Lipinski definition) is 1. The maximum absolute atomic E-state index is 13.5. The molecule has 30 heavy (non-hydrogen) atoms. The summed E-state index contributed by atoms with van der Waals surface area (Å²) in [4.78, 5) is 13.5. The molecule has 0 spiro atoms. The molecule has 1 saturated heterocycles. The number of piperidine rings is 1. The number of carbonyl (C=O) groups excluding carboxylic acids is 1. The molecule has 0 amide bonds. The summed E-state index contributed by atoms with van der Waals surface area (Å²) in [7, 11) is 6.65. The average molecular weight is 413 g/mol. The highest BCUT2D eigenvalue weighted by molar-refractivity contribution is 5.86. The lowest BCUT2D eigenvalue weighted by atomic mass is 9.67. The summed E-state index contributed by atoms with van der Waals surface area (Å²) in [5.74, 6) is 3.37. The molecule has 4 rings (SSSR count). The number of nitrogens with two attached hydrogens (primary N) is 1. The summed E-state index contributed by atoms with van der Waals surface area (Å²) in [6.07, 6.45) is 2.85. The number of rotatable bonds is 6. The van der Waals surface area contributed by atoms with Gasteiger partial charge < -0.3 is 24.3 Å². The molecule has 4 unspecified atom stereocenters. The van der Waals surface area contributed by atoms with Crippen molar-refractivity contribution in [1.29, 1.82) is 0 Å². The van der Waals surface area contributed by atoms with Crippen LogP contribution in [0.25, 0.3) is 0 Å². The van der Waals surface area contributed by atoms with Crippen molar-refractivity contribution in [3.8, 4) is 23.0 Å². The maximum Gasteiger partial charge on any atom is 0.151 e. The fourth-order valence-electron chi connectivity index (χ4n) is 5.16. The molecule has 1 aliphatic carbocycles. The second-order valence-electron chi connectivity index (χ2n) is 8.01. The molecule has 2 aromatic rings. The molecule has 2 aliphatic rings. The monoisotopic (exact) mass is 412 g/mol. The molecule has 2 aromatic carbocycles. The number of ether oxygens (including phenoxy) is 4. The van der Waals surface area contributed by atoms with E-state index < -0.39 is 0 Å². The number of hydrogen-bond acceptors (Lipinski definition) is 5. The topological polar surface area (TPSA) is 70.6 Å². The van der Waals surface area contributed by atoms with Crippen molar-refractivity contribution in [2.24, 2.45) is 11.8 Å². The zero-order chi connectivity index (χ0) is 21.3. The summed E-state index contributed by atoms with van der Waals surface area (Å²) < 4.78 is 22.3. The summed E-state index contributed by atoms with van der Waals surface area (Å²) in [6.45, 7) is 0. The second-order valence-corrected chi connectivity index (χ2v) is 8.01. The van der Waals surface area contributed by atoms with Gasteiger partial charge in [-0.05, 0) is 49.2 Å². The van der Waals surface area contributed by atoms with E-state index >= 15 is 0 Å². The molecule has 0 aromatic heterocycles. The first-order chi connectivity index (χ1) is 14.6. The fourth-order valence-corrected chi connectivity index (χ4v) is 5.16. The van der Waals surface area contributed by atoms with E-state index in [9.17, 15) is 4.79 Å². The standard InChI is InChI=1S/C24H29NO5/c1-27-14-8-10-20(29-3)18(12-14)22-16-6-5-7-17(24(16)26)23(25-22)19-13-15(28-2)9-11-21(19)30-4/h8-13,16-17,22-23,25H,5-7H2,1-4H3/p+1. The van der Waals surface area contributed by atoms with Crippen molar-refractivity contribution in [1.82, 2.24) is 0 Å². The first-order valence-corrected chi connectivity index (χ1v) is 10.4. The number of Topliss-reactive ketones (excluding diaryl/α,β-unsaturated/α-hetero) is 1. The predicted octanol–water partition coefficient (Wildman–Crippen LogP) is 3.07. The third-order valence-corrected chi connectivity index (χ3v) is 6.63. The van der Waals surface area contributed by atoms with Crippen LogP contribution < -0.4 is 24.3 Å². The predicted molar refractivity (Wildman–Crippen MR) is 112 cm³/mol. The van der Waals surface area contributed by atoms with Crippen LogP contribution in [0.5, 0.6) is 23.0 Å². The Kier molecular flexibility index (Phi) is 5.86. The number of ketones is 1. The number of benzene rings is 2. The van der Waals surface area contributed by atoms with Crippen LogP contribution in [0.2, 0.25) is 0 Å². The van der Waals surface area contributed by atoms with Gasteiger partial charge in [0.05, 0.1) is 51.4 Å². The third kappa shape index (κ3) is 3.49. The minimum Gasteiger partial charge on any atom is -0.497 e. The van der Waals surface area contributed by atoms with Crippen LogP contribution in [0, 0.1) is 11.8 Å². The first kappa shape index (κ1) is 20.5. The van der Waals surface area contributed by atoms with E-state index in [4.69, 9.17) is 18.9 Å². The maximum atomic E-state index is 13.5. The molecule has 2 fully saturated rings. The number of methoxy groups -OCH3 is 4. The van der Waals surface area contributed by atoms with Crippen LogP contribution in [0.3, 0.4) is 0 Å². The van der Waals surface area contributed by atoms with Gasteiger partial charge in [-0.25, -0.2) is 0 Å². The van der Waals surface area contributed by atoms with E-state index in [0.29, 0.717) is 5.78 Å². The van der Waals surface area contributed by atoms with Gasteiger partial charge in [0.1, 0.15) is 35.1 Å². The van der Waals surface area contributed by atoms with Gasteiger partial charge in [-0.1, -0.05) is 6.42 Å². The second kappa shape index (κ2) is 8.56. The zero-order valence-corrected chi connectivity index (χ0v) is 18.0. The molecule has 0 radical (unpaired) electrons. The normalized spacial score (nSPS) is 25.5. The van der Waals surface area contributed by atoms with E-state index in [2.05, 4.69) is 5.32 Å². The van der Waals surface area contributed by atoms with Crippen molar-refractivity contribution in [3.05, 3.63) is 47.5 Å². The van der Waals surface area contributed by atoms with E-state index in [-0.39, 0.29) is 23.9 Å².